The number of amides is 2. The molecule has 0 unspecified atom stereocenters. The molecule has 25 atom stereocenters. The molecule has 0 spiro atoms. The van der Waals surface area contributed by atoms with Gasteiger partial charge >= 0.3 is 0 Å². The first-order valence-electron chi connectivity index (χ1n) is 19.6. The van der Waals surface area contributed by atoms with Crippen molar-refractivity contribution in [2.24, 2.45) is 0 Å². The van der Waals surface area contributed by atoms with Gasteiger partial charge in [0.1, 0.15) is 122 Å². The quantitative estimate of drug-likeness (QED) is 0.0725. The standard InChI is InChI=1S/C34H58N2O26/c1-8(41)35-15-27(60-31-16(36-9(2)42)28(20(46)12(5-39)56-31)61-34-25(51)23(49)17(43)10(3-37)59-34)19(45)11(4-38)57-32(15)62-29-21(47)13(6-40)58-33(26(29)52)54-7-14-18(44)22(48)24(50)30(53)55-14/h10-34,37-40,43-53H,3-7H2,1-2H3,(H,35,41)(H,36,42)/t10-,11-,12-,13-,14-,15-,16-,17-,18+,19+,20+,21+,22+,23+,24-,25-,26-,27-,28-,29+,30+,31-,32+,33+,34+/m1/s1. The molecule has 0 aromatic heterocycles. The van der Waals surface area contributed by atoms with Gasteiger partial charge in [-0.3, -0.25) is 9.59 Å². The van der Waals surface area contributed by atoms with E-state index in [-0.39, 0.29) is 0 Å². The highest BCUT2D eigenvalue weighted by molar-refractivity contribution is 5.73. The third kappa shape index (κ3) is 11.0. The minimum Gasteiger partial charge on any atom is -0.394 e. The van der Waals surface area contributed by atoms with Gasteiger partial charge in [0, 0.05) is 13.8 Å². The van der Waals surface area contributed by atoms with Crippen molar-refractivity contribution in [1.82, 2.24) is 10.6 Å². The summed E-state index contributed by atoms with van der Waals surface area (Å²) in [6.07, 6.45) is -42.0. The molecule has 5 aliphatic heterocycles. The summed E-state index contributed by atoms with van der Waals surface area (Å²) in [5.41, 5.74) is 0. The lowest BCUT2D eigenvalue weighted by atomic mass is 9.93. The van der Waals surface area contributed by atoms with Gasteiger partial charge in [-0.15, -0.1) is 0 Å². The van der Waals surface area contributed by atoms with E-state index in [2.05, 4.69) is 10.6 Å². The smallest absolute Gasteiger partial charge is 0.217 e. The molecule has 0 bridgehead atoms. The van der Waals surface area contributed by atoms with Crippen molar-refractivity contribution in [3.05, 3.63) is 0 Å². The second-order valence-corrected chi connectivity index (χ2v) is 15.5. The highest BCUT2D eigenvalue weighted by atomic mass is 16.8. The second kappa shape index (κ2) is 22.0. The van der Waals surface area contributed by atoms with Crippen LogP contribution in [0.25, 0.3) is 0 Å². The van der Waals surface area contributed by atoms with Gasteiger partial charge in [-0.1, -0.05) is 0 Å². The number of ether oxygens (including phenoxy) is 9. The van der Waals surface area contributed by atoms with Crippen molar-refractivity contribution in [2.75, 3.05) is 33.0 Å². The highest BCUT2D eigenvalue weighted by Gasteiger charge is 2.57. The fourth-order valence-corrected chi connectivity index (χ4v) is 7.72. The molecule has 5 saturated heterocycles. The summed E-state index contributed by atoms with van der Waals surface area (Å²) in [4.78, 5) is 25.2. The molecular formula is C34H58N2O26. The predicted molar refractivity (Wildman–Crippen MR) is 190 cm³/mol. The van der Waals surface area contributed by atoms with Gasteiger partial charge in [0.2, 0.25) is 11.8 Å². The van der Waals surface area contributed by atoms with Crippen molar-refractivity contribution in [3.8, 4) is 0 Å². The zero-order valence-electron chi connectivity index (χ0n) is 33.2. The zero-order valence-corrected chi connectivity index (χ0v) is 33.2. The molecule has 0 radical (unpaired) electrons. The van der Waals surface area contributed by atoms with E-state index in [1.54, 1.807) is 0 Å². The summed E-state index contributed by atoms with van der Waals surface area (Å²) >= 11 is 0. The molecule has 2 amide bonds. The number of carbonyl (C=O) groups excluding carboxylic acids is 2. The molecule has 5 aliphatic rings. The van der Waals surface area contributed by atoms with Gasteiger partial charge in [0.15, 0.2) is 31.5 Å². The third-order valence-electron chi connectivity index (χ3n) is 11.1. The summed E-state index contributed by atoms with van der Waals surface area (Å²) in [5.74, 6) is -1.63. The first kappa shape index (κ1) is 51.0. The van der Waals surface area contributed by atoms with Crippen molar-refractivity contribution in [3.63, 3.8) is 0 Å². The van der Waals surface area contributed by atoms with Crippen LogP contribution >= 0.6 is 0 Å². The maximum atomic E-state index is 12.7. The molecule has 62 heavy (non-hydrogen) atoms. The van der Waals surface area contributed by atoms with Gasteiger partial charge in [-0.25, -0.2) is 0 Å². The van der Waals surface area contributed by atoms with Crippen molar-refractivity contribution in [2.45, 2.75) is 167 Å². The fourth-order valence-electron chi connectivity index (χ4n) is 7.72. The van der Waals surface area contributed by atoms with E-state index in [4.69, 9.17) is 42.6 Å². The van der Waals surface area contributed by atoms with E-state index in [1.807, 2.05) is 0 Å². The Hall–Kier alpha value is -2.02. The van der Waals surface area contributed by atoms with Gasteiger partial charge in [0.05, 0.1) is 33.0 Å². The Morgan fingerprint density at radius 3 is 1.26 bits per heavy atom. The number of nitrogens with one attached hydrogen (secondary N) is 2. The molecular weight excluding hydrogens is 852 g/mol. The van der Waals surface area contributed by atoms with Crippen LogP contribution in [0.5, 0.6) is 0 Å². The lowest BCUT2D eigenvalue weighted by Crippen LogP contribution is -2.71. The van der Waals surface area contributed by atoms with E-state index >= 15 is 0 Å². The Morgan fingerprint density at radius 2 is 0.790 bits per heavy atom. The lowest BCUT2D eigenvalue weighted by molar-refractivity contribution is -0.370. The van der Waals surface area contributed by atoms with Crippen LogP contribution in [-0.2, 0) is 52.2 Å². The highest BCUT2D eigenvalue weighted by Crippen LogP contribution is 2.35. The molecule has 28 nitrogen and oxygen atoms in total. The van der Waals surface area contributed by atoms with Crippen LogP contribution in [0.1, 0.15) is 13.8 Å². The van der Waals surface area contributed by atoms with Crippen molar-refractivity contribution >= 4 is 11.8 Å². The van der Waals surface area contributed by atoms with Crippen LogP contribution < -0.4 is 10.6 Å². The number of aliphatic hydroxyl groups is 15. The van der Waals surface area contributed by atoms with Crippen LogP contribution in [-0.4, -0.2) is 275 Å². The minimum atomic E-state index is -2.03. The number of hydrogen-bond donors (Lipinski definition) is 17. The normalized spacial score (nSPS) is 49.0. The summed E-state index contributed by atoms with van der Waals surface area (Å²) in [7, 11) is 0. The molecule has 0 aliphatic carbocycles. The largest absolute Gasteiger partial charge is 0.394 e. The van der Waals surface area contributed by atoms with Gasteiger partial charge in [-0.2, -0.15) is 0 Å². The molecule has 0 aromatic carbocycles. The first-order chi connectivity index (χ1) is 29.3. The molecule has 5 heterocycles. The molecule has 28 heteroatoms. The fraction of sp³-hybridized carbons (Fsp3) is 0.941. The molecule has 17 N–H and O–H groups in total. The monoisotopic (exact) mass is 910 g/mol. The van der Waals surface area contributed by atoms with E-state index in [1.165, 1.54) is 0 Å². The first-order valence-corrected chi connectivity index (χ1v) is 19.6. The number of carbonyl (C=O) groups is 2. The average molecular weight is 911 g/mol. The van der Waals surface area contributed by atoms with Crippen LogP contribution in [0.3, 0.4) is 0 Å². The molecule has 0 aromatic rings. The van der Waals surface area contributed by atoms with Gasteiger partial charge in [-0.05, 0) is 0 Å². The van der Waals surface area contributed by atoms with Crippen molar-refractivity contribution in [1.29, 1.82) is 0 Å². The van der Waals surface area contributed by atoms with Crippen LogP contribution in [0.4, 0.5) is 0 Å². The van der Waals surface area contributed by atoms with Crippen LogP contribution in [0.15, 0.2) is 0 Å². The Labute approximate surface area is 351 Å². The molecule has 0 saturated carbocycles. The van der Waals surface area contributed by atoms with Crippen LogP contribution in [0, 0.1) is 0 Å². The molecule has 5 fully saturated rings. The Bertz CT molecular complexity index is 1440. The number of aliphatic hydroxyl groups excluding tert-OH is 15. The SMILES string of the molecule is CC(=O)N[C@H]1[C@@H](O[C@H]2[C@@H](O)[C@@H](CO)O[C@@H](O[C@H]3[C@@H](O)[C@@H](CO)O[C@H](OC[C@H]4O[C@H](O)[C@H](O)[C@@H](O)[C@H]4O)[C@@H]3O)[C@@H]2NC(C)=O)O[C@H](CO)[C@H](O)[C@@H]1O[C@@H]1O[C@H](CO)[C@@H](O)[C@H](O)[C@H]1O. The Morgan fingerprint density at radius 1 is 0.419 bits per heavy atom. The summed E-state index contributed by atoms with van der Waals surface area (Å²) in [6.45, 7) is -2.38. The maximum absolute atomic E-state index is 12.7. The third-order valence-corrected chi connectivity index (χ3v) is 11.1. The molecule has 360 valence electrons. The minimum absolute atomic E-state index is 0.727. The van der Waals surface area contributed by atoms with E-state index in [0.29, 0.717) is 0 Å². The summed E-state index contributed by atoms with van der Waals surface area (Å²) < 4.78 is 51.0. The molecule has 5 rings (SSSR count). The van der Waals surface area contributed by atoms with Crippen LogP contribution in [0.2, 0.25) is 0 Å². The predicted octanol–water partition coefficient (Wildman–Crippen LogP) is -11.6. The number of rotatable bonds is 15. The number of hydrogen-bond acceptors (Lipinski definition) is 26. The van der Waals surface area contributed by atoms with Gasteiger partial charge < -0.3 is 130 Å². The summed E-state index contributed by atoms with van der Waals surface area (Å²) in [5, 5.41) is 162. The topological polar surface area (TPSA) is 445 Å². The van der Waals surface area contributed by atoms with E-state index in [0.717, 1.165) is 13.8 Å². The lowest BCUT2D eigenvalue weighted by Gasteiger charge is -2.51. The van der Waals surface area contributed by atoms with Crippen molar-refractivity contribution < 1.29 is 129 Å². The Balaban J connectivity index is 1.43. The zero-order chi connectivity index (χ0) is 45.9. The van der Waals surface area contributed by atoms with E-state index in [9.17, 15) is 86.2 Å². The Kier molecular flexibility index (Phi) is 18.1. The van der Waals surface area contributed by atoms with Gasteiger partial charge in [0.25, 0.3) is 0 Å². The van der Waals surface area contributed by atoms with E-state index < -0.39 is 198 Å². The summed E-state index contributed by atoms with van der Waals surface area (Å²) in [6, 6.07) is -3.40. The average Bonchev–Trinajstić information content (AvgIpc) is 3.23. The second-order valence-electron chi connectivity index (χ2n) is 15.5. The maximum Gasteiger partial charge on any atom is 0.217 e.